The van der Waals surface area contributed by atoms with Crippen LogP contribution < -0.4 is 0 Å². The van der Waals surface area contributed by atoms with E-state index in [1.165, 1.54) is 35.4 Å². The van der Waals surface area contributed by atoms with Crippen LogP contribution in [-0.2, 0) is 22.1 Å². The Labute approximate surface area is 216 Å². The minimum Gasteiger partial charge on any atom is -0.481 e. The molecule has 0 fully saturated rings. The van der Waals surface area contributed by atoms with Crippen LogP contribution in [0.5, 0.6) is 0 Å². The van der Waals surface area contributed by atoms with E-state index in [2.05, 4.69) is 4.98 Å². The van der Waals surface area contributed by atoms with E-state index in [0.29, 0.717) is 16.7 Å². The summed E-state index contributed by atoms with van der Waals surface area (Å²) in [6, 6.07) is 13.0. The molecule has 1 heterocycles. The van der Waals surface area contributed by atoms with Crippen LogP contribution in [0.1, 0.15) is 39.5 Å². The molecule has 0 aliphatic rings. The molecule has 0 spiro atoms. The van der Waals surface area contributed by atoms with Crippen LogP contribution in [0.25, 0.3) is 0 Å². The molecule has 35 heavy (non-hydrogen) atoms. The zero-order valence-corrected chi connectivity index (χ0v) is 21.2. The summed E-state index contributed by atoms with van der Waals surface area (Å²) in [7, 11) is -4.24. The van der Waals surface area contributed by atoms with Crippen LogP contribution in [0.15, 0.2) is 60.8 Å². The molecule has 3 rings (SSSR count). The van der Waals surface area contributed by atoms with Gasteiger partial charge in [-0.2, -0.15) is 0 Å². The second kappa shape index (κ2) is 11.5. The van der Waals surface area contributed by atoms with Crippen molar-refractivity contribution >= 4 is 54.3 Å². The van der Waals surface area contributed by atoms with Gasteiger partial charge >= 0.3 is 13.6 Å². The molecule has 8 nitrogen and oxygen atoms in total. The fraction of sp³-hybridized carbons (Fsp3) is 0.174. The second-order valence-corrected chi connectivity index (χ2v) is 10.6. The smallest absolute Gasteiger partial charge is 0.329 e. The molecule has 0 saturated heterocycles. The number of carbonyl (C=O) groups excluding carboxylic acids is 1. The number of nitrogens with zero attached hydrogens (tertiary/aromatic N) is 2. The number of benzene rings is 2. The van der Waals surface area contributed by atoms with Crippen LogP contribution in [0, 0.1) is 0 Å². The molecule has 1 unspecified atom stereocenters. The van der Waals surface area contributed by atoms with Crippen LogP contribution >= 0.6 is 42.4 Å². The van der Waals surface area contributed by atoms with Crippen molar-refractivity contribution in [1.29, 1.82) is 0 Å². The molecular formula is C23H20Cl3N2O6P. The third-order valence-corrected chi connectivity index (χ3v) is 6.81. The quantitative estimate of drug-likeness (QED) is 0.231. The number of hydrogen-bond acceptors (Lipinski definition) is 4. The zero-order valence-electron chi connectivity index (χ0n) is 18.0. The lowest BCUT2D eigenvalue weighted by atomic mass is 9.99. The normalized spacial score (nSPS) is 12.3. The molecule has 0 aliphatic carbocycles. The molecule has 0 aliphatic heterocycles. The van der Waals surface area contributed by atoms with Gasteiger partial charge in [0, 0.05) is 12.7 Å². The lowest BCUT2D eigenvalue weighted by Crippen LogP contribution is -2.36. The summed E-state index contributed by atoms with van der Waals surface area (Å²) in [4.78, 5) is 49.0. The number of halogens is 3. The van der Waals surface area contributed by atoms with Gasteiger partial charge in [-0.3, -0.25) is 14.2 Å². The molecule has 1 amide bonds. The molecule has 2 aromatic carbocycles. The van der Waals surface area contributed by atoms with Crippen LogP contribution in [0.3, 0.4) is 0 Å². The average molecular weight is 558 g/mol. The molecular weight excluding hydrogens is 538 g/mol. The van der Waals surface area contributed by atoms with Crippen LogP contribution in [-0.4, -0.2) is 36.7 Å². The first-order valence-corrected chi connectivity index (χ1v) is 13.1. The van der Waals surface area contributed by atoms with Gasteiger partial charge in [-0.25, -0.2) is 4.98 Å². The number of amides is 1. The number of aromatic nitrogens is 1. The summed E-state index contributed by atoms with van der Waals surface area (Å²) in [5, 5.41) is 10.3. The van der Waals surface area contributed by atoms with Gasteiger partial charge in [0.2, 0.25) is 0 Å². The highest BCUT2D eigenvalue weighted by atomic mass is 35.5. The summed E-state index contributed by atoms with van der Waals surface area (Å²) >= 11 is 18.1. The second-order valence-electron chi connectivity index (χ2n) is 7.73. The Morgan fingerprint density at radius 1 is 0.943 bits per heavy atom. The molecule has 3 N–H and O–H groups in total. The predicted octanol–water partition coefficient (Wildman–Crippen LogP) is 5.58. The molecule has 0 radical (unpaired) electrons. The molecule has 12 heteroatoms. The maximum atomic E-state index is 13.6. The Morgan fingerprint density at radius 3 is 2.14 bits per heavy atom. The Hall–Kier alpha value is -2.45. The molecule has 184 valence electrons. The molecule has 1 aromatic heterocycles. The van der Waals surface area contributed by atoms with Gasteiger partial charge in [-0.15, -0.1) is 0 Å². The minimum atomic E-state index is -4.24. The summed E-state index contributed by atoms with van der Waals surface area (Å²) < 4.78 is 11.3. The highest BCUT2D eigenvalue weighted by molar-refractivity contribution is 7.50. The van der Waals surface area contributed by atoms with E-state index >= 15 is 0 Å². The first-order valence-electron chi connectivity index (χ1n) is 10.1. The summed E-state index contributed by atoms with van der Waals surface area (Å²) in [5.41, 5.74) is 1.71. The van der Waals surface area contributed by atoms with Crippen molar-refractivity contribution in [2.24, 2.45) is 0 Å². The summed E-state index contributed by atoms with van der Waals surface area (Å²) in [6.07, 6.45) is 0.464. The average Bonchev–Trinajstić information content (AvgIpc) is 2.78. The van der Waals surface area contributed by atoms with Crippen molar-refractivity contribution in [3.05, 3.63) is 98.2 Å². The Balaban J connectivity index is 2.03. The fourth-order valence-corrected chi connectivity index (χ4v) is 4.57. The number of carboxylic acid groups (broad SMARTS) is 1. The molecule has 0 saturated carbocycles. The van der Waals surface area contributed by atoms with Crippen molar-refractivity contribution in [1.82, 2.24) is 9.88 Å². The number of rotatable bonds is 9. The standard InChI is InChI=1S/C23H20Cl3N2O6P/c24-18-7-5-16(9-19(18)25)20(10-22(29)30)28(23(31)17-6-8-21(26)27-11-17)12-14-1-3-15(4-2-14)13-35(32,33)34/h1-9,11,20H,10,12-13H2,(H,29,30)(H2,32,33,34). The summed E-state index contributed by atoms with van der Waals surface area (Å²) in [5.74, 6) is -1.63. The van der Waals surface area contributed by atoms with Crippen molar-refractivity contribution in [2.45, 2.75) is 25.2 Å². The van der Waals surface area contributed by atoms with Crippen LogP contribution in [0.2, 0.25) is 15.2 Å². The first-order chi connectivity index (χ1) is 16.4. The van der Waals surface area contributed by atoms with Gasteiger partial charge in [-0.05, 0) is 41.0 Å². The maximum absolute atomic E-state index is 13.6. The van der Waals surface area contributed by atoms with Crippen molar-refractivity contribution in [3.8, 4) is 0 Å². The third kappa shape index (κ3) is 7.77. The van der Waals surface area contributed by atoms with Gasteiger partial charge in [0.1, 0.15) is 5.15 Å². The summed E-state index contributed by atoms with van der Waals surface area (Å²) in [6.45, 7) is -0.00412. The highest BCUT2D eigenvalue weighted by Gasteiger charge is 2.29. The van der Waals surface area contributed by atoms with Crippen LogP contribution in [0.4, 0.5) is 0 Å². The Bertz CT molecular complexity index is 1270. The van der Waals surface area contributed by atoms with E-state index in [-0.39, 0.29) is 27.3 Å². The number of carbonyl (C=O) groups is 2. The first kappa shape index (κ1) is 27.1. The maximum Gasteiger partial charge on any atom is 0.329 e. The van der Waals surface area contributed by atoms with Gasteiger partial charge in [0.05, 0.1) is 34.2 Å². The van der Waals surface area contributed by atoms with Gasteiger partial charge in [0.25, 0.3) is 5.91 Å². The molecule has 1 atom stereocenters. The van der Waals surface area contributed by atoms with E-state index in [0.717, 1.165) is 0 Å². The van der Waals surface area contributed by atoms with E-state index in [1.54, 1.807) is 30.3 Å². The third-order valence-electron chi connectivity index (χ3n) is 5.07. The number of aliphatic carboxylic acids is 1. The number of hydrogen-bond donors (Lipinski definition) is 3. The lowest BCUT2D eigenvalue weighted by molar-refractivity contribution is -0.138. The Kier molecular flexibility index (Phi) is 8.94. The SMILES string of the molecule is O=C(O)CC(c1ccc(Cl)c(Cl)c1)N(Cc1ccc(CP(=O)(O)O)cc1)C(=O)c1ccc(Cl)nc1. The predicted molar refractivity (Wildman–Crippen MR) is 133 cm³/mol. The topological polar surface area (TPSA) is 128 Å². The van der Waals surface area contributed by atoms with Gasteiger partial charge in [-0.1, -0.05) is 65.1 Å². The fourth-order valence-electron chi connectivity index (χ4n) is 3.47. The Morgan fingerprint density at radius 2 is 1.60 bits per heavy atom. The van der Waals surface area contributed by atoms with E-state index < -0.39 is 38.1 Å². The highest BCUT2D eigenvalue weighted by Crippen LogP contribution is 2.39. The van der Waals surface area contributed by atoms with Crippen molar-refractivity contribution in [3.63, 3.8) is 0 Å². The number of pyridine rings is 1. The van der Waals surface area contributed by atoms with Crippen molar-refractivity contribution in [2.75, 3.05) is 0 Å². The van der Waals surface area contributed by atoms with E-state index in [9.17, 15) is 29.0 Å². The zero-order chi connectivity index (χ0) is 25.8. The minimum absolute atomic E-state index is 0.00412. The number of carboxylic acids is 1. The molecule has 0 bridgehead atoms. The van der Waals surface area contributed by atoms with E-state index in [1.807, 2.05) is 0 Å². The van der Waals surface area contributed by atoms with E-state index in [4.69, 9.17) is 34.8 Å². The van der Waals surface area contributed by atoms with Gasteiger partial charge < -0.3 is 19.8 Å². The van der Waals surface area contributed by atoms with Gasteiger partial charge in [0.15, 0.2) is 0 Å². The molecule has 3 aromatic rings. The van der Waals surface area contributed by atoms with Crippen molar-refractivity contribution < 1.29 is 29.0 Å². The lowest BCUT2D eigenvalue weighted by Gasteiger charge is -2.32. The monoisotopic (exact) mass is 556 g/mol. The largest absolute Gasteiger partial charge is 0.481 e.